The summed E-state index contributed by atoms with van der Waals surface area (Å²) in [6.45, 7) is 6.32. The fraction of sp³-hybridized carbons (Fsp3) is 0.222. The highest BCUT2D eigenvalue weighted by Crippen LogP contribution is 2.17. The van der Waals surface area contributed by atoms with Crippen molar-refractivity contribution in [1.82, 2.24) is 10.3 Å². The van der Waals surface area contributed by atoms with E-state index in [1.165, 1.54) is 5.56 Å². The Morgan fingerprint density at radius 2 is 1.91 bits per heavy atom. The number of rotatable bonds is 3. The molecule has 3 aromatic rings. The van der Waals surface area contributed by atoms with E-state index in [-0.39, 0.29) is 5.91 Å². The summed E-state index contributed by atoms with van der Waals surface area (Å²) in [6.07, 6.45) is 0. The second kappa shape index (κ2) is 5.64. The van der Waals surface area contributed by atoms with Crippen molar-refractivity contribution in [3.63, 3.8) is 0 Å². The van der Waals surface area contributed by atoms with E-state index in [1.807, 2.05) is 57.2 Å². The summed E-state index contributed by atoms with van der Waals surface area (Å²) in [6, 6.07) is 11.5. The molecule has 0 aliphatic rings. The van der Waals surface area contributed by atoms with Crippen LogP contribution in [-0.4, -0.2) is 10.9 Å². The molecule has 0 unspecified atom stereocenters. The number of amides is 1. The smallest absolute Gasteiger partial charge is 0.251 e. The predicted octanol–water partition coefficient (Wildman–Crippen LogP) is 3.68. The molecule has 0 atom stereocenters. The average Bonchev–Trinajstić information content (AvgIpc) is 2.86. The van der Waals surface area contributed by atoms with Gasteiger partial charge in [0.1, 0.15) is 5.52 Å². The minimum Gasteiger partial charge on any atom is -0.441 e. The molecule has 0 bridgehead atoms. The van der Waals surface area contributed by atoms with Crippen LogP contribution in [-0.2, 0) is 6.54 Å². The maximum absolute atomic E-state index is 12.2. The number of hydrogen-bond acceptors (Lipinski definition) is 3. The lowest BCUT2D eigenvalue weighted by Gasteiger charge is -2.07. The Balaban J connectivity index is 1.72. The molecule has 1 heterocycles. The highest BCUT2D eigenvalue weighted by Gasteiger charge is 2.08. The molecule has 1 aromatic heterocycles. The van der Waals surface area contributed by atoms with Crippen molar-refractivity contribution in [3.05, 3.63) is 64.5 Å². The first-order valence-corrected chi connectivity index (χ1v) is 7.24. The van der Waals surface area contributed by atoms with Crippen molar-refractivity contribution in [2.75, 3.05) is 0 Å². The SMILES string of the molecule is Cc1nc2ccc(CNC(=O)c3ccc(C)c(C)c3)cc2o1. The van der Waals surface area contributed by atoms with Crippen LogP contribution in [0.3, 0.4) is 0 Å². The molecule has 0 spiro atoms. The molecular formula is C18H18N2O2. The maximum atomic E-state index is 12.2. The van der Waals surface area contributed by atoms with Crippen molar-refractivity contribution in [3.8, 4) is 0 Å². The van der Waals surface area contributed by atoms with Gasteiger partial charge in [-0.25, -0.2) is 4.98 Å². The Kier molecular flexibility index (Phi) is 3.67. The third-order valence-electron chi connectivity index (χ3n) is 3.78. The van der Waals surface area contributed by atoms with E-state index in [0.29, 0.717) is 18.0 Å². The molecule has 1 N–H and O–H groups in total. The van der Waals surface area contributed by atoms with E-state index < -0.39 is 0 Å². The first-order valence-electron chi connectivity index (χ1n) is 7.24. The van der Waals surface area contributed by atoms with Gasteiger partial charge in [-0.15, -0.1) is 0 Å². The van der Waals surface area contributed by atoms with Gasteiger partial charge in [-0.3, -0.25) is 4.79 Å². The lowest BCUT2D eigenvalue weighted by Crippen LogP contribution is -2.22. The van der Waals surface area contributed by atoms with E-state index in [2.05, 4.69) is 10.3 Å². The third-order valence-corrected chi connectivity index (χ3v) is 3.78. The summed E-state index contributed by atoms with van der Waals surface area (Å²) in [7, 11) is 0. The van der Waals surface area contributed by atoms with Crippen LogP contribution < -0.4 is 5.32 Å². The lowest BCUT2D eigenvalue weighted by molar-refractivity contribution is 0.0951. The van der Waals surface area contributed by atoms with E-state index in [0.717, 1.165) is 22.2 Å². The molecule has 2 aromatic carbocycles. The molecule has 0 radical (unpaired) electrons. The van der Waals surface area contributed by atoms with Crippen LogP contribution in [0.25, 0.3) is 11.1 Å². The Morgan fingerprint density at radius 3 is 2.68 bits per heavy atom. The molecule has 3 rings (SSSR count). The van der Waals surface area contributed by atoms with E-state index >= 15 is 0 Å². The molecule has 0 aliphatic heterocycles. The van der Waals surface area contributed by atoms with Gasteiger partial charge in [-0.2, -0.15) is 0 Å². The number of aromatic nitrogens is 1. The van der Waals surface area contributed by atoms with Crippen molar-refractivity contribution in [2.24, 2.45) is 0 Å². The van der Waals surface area contributed by atoms with Gasteiger partial charge in [0, 0.05) is 19.0 Å². The quantitative estimate of drug-likeness (QED) is 0.801. The minimum absolute atomic E-state index is 0.0723. The standard InChI is InChI=1S/C18H18N2O2/c1-11-4-6-15(8-12(11)2)18(21)19-10-14-5-7-16-17(9-14)22-13(3)20-16/h4-9H,10H2,1-3H3,(H,19,21). The molecule has 0 saturated carbocycles. The zero-order valence-electron chi connectivity index (χ0n) is 12.9. The molecule has 0 fully saturated rings. The van der Waals surface area contributed by atoms with Gasteiger partial charge in [-0.05, 0) is 54.8 Å². The molecule has 4 heteroatoms. The fourth-order valence-corrected chi connectivity index (χ4v) is 2.36. The van der Waals surface area contributed by atoms with Crippen LogP contribution in [0.1, 0.15) is 32.9 Å². The summed E-state index contributed by atoms with van der Waals surface area (Å²) in [5.74, 6) is 0.572. The Labute approximate surface area is 129 Å². The van der Waals surface area contributed by atoms with Gasteiger partial charge < -0.3 is 9.73 Å². The van der Waals surface area contributed by atoms with Crippen LogP contribution in [0.4, 0.5) is 0 Å². The van der Waals surface area contributed by atoms with E-state index in [1.54, 1.807) is 0 Å². The van der Waals surface area contributed by atoms with Crippen LogP contribution in [0.2, 0.25) is 0 Å². The molecule has 1 amide bonds. The number of hydrogen-bond donors (Lipinski definition) is 1. The summed E-state index contributed by atoms with van der Waals surface area (Å²) in [5, 5.41) is 2.93. The summed E-state index contributed by atoms with van der Waals surface area (Å²) in [4.78, 5) is 16.5. The van der Waals surface area contributed by atoms with Gasteiger partial charge in [0.2, 0.25) is 0 Å². The fourth-order valence-electron chi connectivity index (χ4n) is 2.36. The molecule has 112 valence electrons. The summed E-state index contributed by atoms with van der Waals surface area (Å²) < 4.78 is 5.51. The van der Waals surface area contributed by atoms with E-state index in [9.17, 15) is 4.79 Å². The van der Waals surface area contributed by atoms with Gasteiger partial charge >= 0.3 is 0 Å². The largest absolute Gasteiger partial charge is 0.441 e. The summed E-state index contributed by atoms with van der Waals surface area (Å²) in [5.41, 5.74) is 5.55. The van der Waals surface area contributed by atoms with Crippen molar-refractivity contribution in [2.45, 2.75) is 27.3 Å². The van der Waals surface area contributed by atoms with Gasteiger partial charge in [0.25, 0.3) is 5.91 Å². The molecule has 0 saturated heterocycles. The number of nitrogens with zero attached hydrogens (tertiary/aromatic N) is 1. The van der Waals surface area contributed by atoms with Crippen LogP contribution in [0.15, 0.2) is 40.8 Å². The molecule has 0 aliphatic carbocycles. The predicted molar refractivity (Wildman–Crippen MR) is 85.8 cm³/mol. The second-order valence-corrected chi connectivity index (χ2v) is 5.52. The normalized spacial score (nSPS) is 10.9. The molecule has 22 heavy (non-hydrogen) atoms. The van der Waals surface area contributed by atoms with Crippen LogP contribution in [0.5, 0.6) is 0 Å². The Bertz CT molecular complexity index is 849. The highest BCUT2D eigenvalue weighted by molar-refractivity contribution is 5.94. The first kappa shape index (κ1) is 14.3. The number of carbonyl (C=O) groups is 1. The summed E-state index contributed by atoms with van der Waals surface area (Å²) >= 11 is 0. The van der Waals surface area contributed by atoms with Crippen molar-refractivity contribution >= 4 is 17.0 Å². The number of carbonyl (C=O) groups excluding carboxylic acids is 1. The van der Waals surface area contributed by atoms with Crippen molar-refractivity contribution < 1.29 is 9.21 Å². The maximum Gasteiger partial charge on any atom is 0.251 e. The number of aryl methyl sites for hydroxylation is 3. The highest BCUT2D eigenvalue weighted by atomic mass is 16.3. The number of fused-ring (bicyclic) bond motifs is 1. The number of nitrogens with one attached hydrogen (secondary N) is 1. The third kappa shape index (κ3) is 2.86. The van der Waals surface area contributed by atoms with Gasteiger partial charge in [-0.1, -0.05) is 12.1 Å². The monoisotopic (exact) mass is 294 g/mol. The molecular weight excluding hydrogens is 276 g/mol. The second-order valence-electron chi connectivity index (χ2n) is 5.52. The average molecular weight is 294 g/mol. The number of benzene rings is 2. The van der Waals surface area contributed by atoms with Crippen LogP contribution in [0, 0.1) is 20.8 Å². The van der Waals surface area contributed by atoms with Crippen molar-refractivity contribution in [1.29, 1.82) is 0 Å². The zero-order valence-corrected chi connectivity index (χ0v) is 12.9. The number of oxazole rings is 1. The Morgan fingerprint density at radius 1 is 1.09 bits per heavy atom. The zero-order chi connectivity index (χ0) is 15.7. The van der Waals surface area contributed by atoms with E-state index in [4.69, 9.17) is 4.42 Å². The van der Waals surface area contributed by atoms with Gasteiger partial charge in [0.15, 0.2) is 11.5 Å². The van der Waals surface area contributed by atoms with Gasteiger partial charge in [0.05, 0.1) is 0 Å². The Hall–Kier alpha value is -2.62. The minimum atomic E-state index is -0.0723. The topological polar surface area (TPSA) is 55.1 Å². The lowest BCUT2D eigenvalue weighted by atomic mass is 10.1. The first-order chi connectivity index (χ1) is 10.5. The van der Waals surface area contributed by atoms with Crippen LogP contribution >= 0.6 is 0 Å². The molecule has 4 nitrogen and oxygen atoms in total.